The first-order valence-corrected chi connectivity index (χ1v) is 10.2. The summed E-state index contributed by atoms with van der Waals surface area (Å²) in [6, 6.07) is 0. The number of hydrogen-bond acceptors (Lipinski definition) is 5. The van der Waals surface area contributed by atoms with Gasteiger partial charge in [-0.3, -0.25) is 14.4 Å². The highest BCUT2D eigenvalue weighted by atomic mass is 16.2. The van der Waals surface area contributed by atoms with Gasteiger partial charge >= 0.3 is 0 Å². The number of rotatable bonds is 5. The van der Waals surface area contributed by atoms with Crippen molar-refractivity contribution >= 4 is 5.91 Å². The monoisotopic (exact) mass is 360 g/mol. The Hall–Kier alpha value is -1.47. The van der Waals surface area contributed by atoms with Crippen LogP contribution in [-0.2, 0) is 17.9 Å². The maximum atomic E-state index is 11.8. The Morgan fingerprint density at radius 3 is 2.88 bits per heavy atom. The molecule has 0 bridgehead atoms. The molecule has 3 heterocycles. The van der Waals surface area contributed by atoms with Gasteiger partial charge in [-0.05, 0) is 50.0 Å². The molecule has 1 unspecified atom stereocenters. The topological polar surface area (TPSA) is 80.3 Å². The van der Waals surface area contributed by atoms with E-state index in [1.807, 2.05) is 9.58 Å². The summed E-state index contributed by atoms with van der Waals surface area (Å²) in [4.78, 5) is 16.3. The van der Waals surface area contributed by atoms with Gasteiger partial charge in [0.2, 0.25) is 5.91 Å². The van der Waals surface area contributed by atoms with Crippen molar-refractivity contribution in [3.8, 4) is 0 Å². The third-order valence-corrected chi connectivity index (χ3v) is 6.64. The number of carbonyl (C=O) groups excluding carboxylic acids is 1. The van der Waals surface area contributed by atoms with Crippen LogP contribution in [0.15, 0.2) is 6.20 Å². The number of nitrogens with zero attached hydrogens (tertiary/aromatic N) is 5. The van der Waals surface area contributed by atoms with Gasteiger partial charge in [0.25, 0.3) is 0 Å². The Kier molecular flexibility index (Phi) is 5.27. The maximum absolute atomic E-state index is 11.8. The standard InChI is InChI=1S/C19H32N6O/c20-10-18(26)24-8-3-4-16(11-24)12-25-14-17(21-22-25)13-23-9-7-19(15-23)5-1-2-6-19/h14,16H,1-13,15,20H2. The molecule has 1 saturated carbocycles. The summed E-state index contributed by atoms with van der Waals surface area (Å²) in [6.07, 6.45) is 11.3. The number of piperidine rings is 1. The van der Waals surface area contributed by atoms with E-state index >= 15 is 0 Å². The predicted octanol–water partition coefficient (Wildman–Crippen LogP) is 1.24. The van der Waals surface area contributed by atoms with Crippen LogP contribution >= 0.6 is 0 Å². The quantitative estimate of drug-likeness (QED) is 0.855. The summed E-state index contributed by atoms with van der Waals surface area (Å²) >= 11 is 0. The smallest absolute Gasteiger partial charge is 0.236 e. The van der Waals surface area contributed by atoms with Crippen LogP contribution in [0.5, 0.6) is 0 Å². The lowest BCUT2D eigenvalue weighted by molar-refractivity contribution is -0.131. The molecule has 0 aromatic carbocycles. The number of amides is 1. The lowest BCUT2D eigenvalue weighted by Gasteiger charge is -2.32. The molecule has 1 aliphatic carbocycles. The van der Waals surface area contributed by atoms with Crippen molar-refractivity contribution in [1.29, 1.82) is 0 Å². The van der Waals surface area contributed by atoms with Gasteiger partial charge in [0.1, 0.15) is 0 Å². The maximum Gasteiger partial charge on any atom is 0.236 e. The zero-order valence-electron chi connectivity index (χ0n) is 15.8. The van der Waals surface area contributed by atoms with Crippen molar-refractivity contribution in [2.24, 2.45) is 17.1 Å². The summed E-state index contributed by atoms with van der Waals surface area (Å²) in [7, 11) is 0. The van der Waals surface area contributed by atoms with Crippen LogP contribution in [0.3, 0.4) is 0 Å². The summed E-state index contributed by atoms with van der Waals surface area (Å²) < 4.78 is 1.97. The van der Waals surface area contributed by atoms with Gasteiger partial charge < -0.3 is 10.6 Å². The SMILES string of the molecule is NCC(=O)N1CCCC(Cn2cc(CN3CCC4(CCCC4)C3)nn2)C1. The molecule has 1 amide bonds. The fraction of sp³-hybridized carbons (Fsp3) is 0.842. The molecule has 2 saturated heterocycles. The number of aromatic nitrogens is 3. The van der Waals surface area contributed by atoms with Crippen LogP contribution in [0.1, 0.15) is 50.6 Å². The summed E-state index contributed by atoms with van der Waals surface area (Å²) in [5, 5.41) is 8.74. The predicted molar refractivity (Wildman–Crippen MR) is 99.2 cm³/mol. The first-order valence-electron chi connectivity index (χ1n) is 10.2. The zero-order valence-corrected chi connectivity index (χ0v) is 15.8. The van der Waals surface area contributed by atoms with Gasteiger partial charge in [0.15, 0.2) is 0 Å². The average molecular weight is 361 g/mol. The second-order valence-corrected chi connectivity index (χ2v) is 8.65. The van der Waals surface area contributed by atoms with E-state index in [1.54, 1.807) is 0 Å². The molecule has 7 heteroatoms. The van der Waals surface area contributed by atoms with Crippen molar-refractivity contribution in [2.45, 2.75) is 58.0 Å². The number of nitrogens with two attached hydrogens (primary N) is 1. The Morgan fingerprint density at radius 2 is 2.08 bits per heavy atom. The Bertz CT molecular complexity index is 623. The second kappa shape index (κ2) is 7.64. The van der Waals surface area contributed by atoms with E-state index in [9.17, 15) is 4.79 Å². The highest BCUT2D eigenvalue weighted by Crippen LogP contribution is 2.45. The highest BCUT2D eigenvalue weighted by Gasteiger charge is 2.40. The van der Waals surface area contributed by atoms with Crippen LogP contribution in [0.25, 0.3) is 0 Å². The molecule has 1 spiro atoms. The lowest BCUT2D eigenvalue weighted by atomic mass is 9.86. The molecular weight excluding hydrogens is 328 g/mol. The van der Waals surface area contributed by atoms with Crippen LogP contribution < -0.4 is 5.73 Å². The van der Waals surface area contributed by atoms with Gasteiger partial charge in [0.05, 0.1) is 12.2 Å². The molecule has 3 fully saturated rings. The minimum Gasteiger partial charge on any atom is -0.341 e. The first kappa shape index (κ1) is 17.9. The van der Waals surface area contributed by atoms with E-state index < -0.39 is 0 Å². The van der Waals surface area contributed by atoms with E-state index in [4.69, 9.17) is 5.73 Å². The summed E-state index contributed by atoms with van der Waals surface area (Å²) in [5.74, 6) is 0.506. The zero-order chi connectivity index (χ0) is 18.0. The van der Waals surface area contributed by atoms with E-state index in [0.717, 1.165) is 44.7 Å². The molecule has 1 aromatic rings. The largest absolute Gasteiger partial charge is 0.341 e. The van der Waals surface area contributed by atoms with Crippen LogP contribution in [-0.4, -0.2) is 63.4 Å². The van der Waals surface area contributed by atoms with Crippen molar-refractivity contribution in [1.82, 2.24) is 24.8 Å². The highest BCUT2D eigenvalue weighted by molar-refractivity contribution is 5.78. The van der Waals surface area contributed by atoms with Gasteiger partial charge in [-0.15, -0.1) is 5.10 Å². The van der Waals surface area contributed by atoms with Crippen LogP contribution in [0, 0.1) is 11.3 Å². The minimum atomic E-state index is 0.0591. The molecule has 26 heavy (non-hydrogen) atoms. The van der Waals surface area contributed by atoms with Gasteiger partial charge in [0, 0.05) is 38.9 Å². The van der Waals surface area contributed by atoms with Crippen molar-refractivity contribution in [3.63, 3.8) is 0 Å². The van der Waals surface area contributed by atoms with Crippen molar-refractivity contribution in [2.75, 3.05) is 32.7 Å². The number of hydrogen-bond donors (Lipinski definition) is 1. The average Bonchev–Trinajstić information content (AvgIpc) is 3.39. The van der Waals surface area contributed by atoms with E-state index in [1.165, 1.54) is 45.2 Å². The van der Waals surface area contributed by atoms with Gasteiger partial charge in [-0.2, -0.15) is 0 Å². The van der Waals surface area contributed by atoms with Crippen LogP contribution in [0.2, 0.25) is 0 Å². The molecule has 2 aliphatic heterocycles. The molecule has 4 rings (SSSR count). The number of carbonyl (C=O) groups is 1. The first-order chi connectivity index (χ1) is 12.7. The fourth-order valence-corrected chi connectivity index (χ4v) is 5.26. The summed E-state index contributed by atoms with van der Waals surface area (Å²) in [6.45, 7) is 5.93. The second-order valence-electron chi connectivity index (χ2n) is 8.65. The molecule has 144 valence electrons. The molecule has 1 aromatic heterocycles. The minimum absolute atomic E-state index is 0.0591. The third-order valence-electron chi connectivity index (χ3n) is 6.64. The Balaban J connectivity index is 1.29. The fourth-order valence-electron chi connectivity index (χ4n) is 5.26. The van der Waals surface area contributed by atoms with Gasteiger partial charge in [-0.25, -0.2) is 0 Å². The van der Waals surface area contributed by atoms with Crippen molar-refractivity contribution in [3.05, 3.63) is 11.9 Å². The van der Waals surface area contributed by atoms with Gasteiger partial charge in [-0.1, -0.05) is 18.1 Å². The molecule has 1 atom stereocenters. The van der Waals surface area contributed by atoms with Crippen molar-refractivity contribution < 1.29 is 4.79 Å². The number of likely N-dealkylation sites (tertiary alicyclic amines) is 2. The summed E-state index contributed by atoms with van der Waals surface area (Å²) in [5.41, 5.74) is 7.18. The molecular formula is C19H32N6O. The third kappa shape index (κ3) is 3.93. The normalized spacial score (nSPS) is 26.0. The van der Waals surface area contributed by atoms with E-state index in [0.29, 0.717) is 11.3 Å². The van der Waals surface area contributed by atoms with Crippen LogP contribution in [0.4, 0.5) is 0 Å². The van der Waals surface area contributed by atoms with E-state index in [-0.39, 0.29) is 12.5 Å². The molecule has 0 radical (unpaired) electrons. The Morgan fingerprint density at radius 1 is 1.23 bits per heavy atom. The lowest BCUT2D eigenvalue weighted by Crippen LogP contribution is -2.43. The molecule has 7 nitrogen and oxygen atoms in total. The Labute approximate surface area is 155 Å². The molecule has 3 aliphatic rings. The van der Waals surface area contributed by atoms with E-state index in [2.05, 4.69) is 21.4 Å². The molecule has 2 N–H and O–H groups in total.